The van der Waals surface area contributed by atoms with E-state index in [1.807, 2.05) is 0 Å². The van der Waals surface area contributed by atoms with Crippen LogP contribution in [0.5, 0.6) is 0 Å². The minimum atomic E-state index is -1.14. The Bertz CT molecular complexity index is 737. The van der Waals surface area contributed by atoms with Crippen LogP contribution in [0, 0.1) is 17.5 Å². The summed E-state index contributed by atoms with van der Waals surface area (Å²) in [6.45, 7) is 0.313. The van der Waals surface area contributed by atoms with Crippen molar-refractivity contribution in [1.29, 1.82) is 0 Å². The summed E-state index contributed by atoms with van der Waals surface area (Å²) in [6, 6.07) is 9.81. The third-order valence-corrected chi connectivity index (χ3v) is 4.80. The number of carbonyl (C=O) groups excluding carboxylic acids is 1. The molecule has 0 radical (unpaired) electrons. The number of rotatable bonds is 4. The Kier molecular flexibility index (Phi) is 4.60. The number of amides is 1. The molecule has 0 aromatic heterocycles. The molecule has 0 saturated heterocycles. The van der Waals surface area contributed by atoms with Crippen LogP contribution >= 0.6 is 0 Å². The summed E-state index contributed by atoms with van der Waals surface area (Å²) in [4.78, 5) is 12.2. The number of nitrogens with one attached hydrogen (secondary N) is 1. The third-order valence-electron chi connectivity index (χ3n) is 4.80. The van der Waals surface area contributed by atoms with Crippen LogP contribution in [0.3, 0.4) is 0 Å². The Morgan fingerprint density at radius 2 is 1.67 bits per heavy atom. The van der Waals surface area contributed by atoms with Crippen LogP contribution in [0.1, 0.15) is 41.6 Å². The summed E-state index contributed by atoms with van der Waals surface area (Å²) in [5, 5.41) is 2.72. The maximum absolute atomic E-state index is 13.7. The fourth-order valence-electron chi connectivity index (χ4n) is 3.45. The third kappa shape index (κ3) is 3.16. The van der Waals surface area contributed by atoms with Crippen molar-refractivity contribution in [2.75, 3.05) is 6.54 Å². The lowest BCUT2D eigenvalue weighted by atomic mass is 9.78. The van der Waals surface area contributed by atoms with E-state index in [4.69, 9.17) is 0 Å². The van der Waals surface area contributed by atoms with Crippen molar-refractivity contribution in [3.05, 3.63) is 71.0 Å². The standard InChI is InChI=1S/C19H18F3NO/c20-14-8-6-13(7-9-14)19(10-1-2-11-19)12-23-18(24)15-4-3-5-16(21)17(15)22/h3-9H,1-2,10-12H2,(H,23,24). The van der Waals surface area contributed by atoms with Crippen LogP contribution in [-0.2, 0) is 5.41 Å². The van der Waals surface area contributed by atoms with Gasteiger partial charge in [0.25, 0.3) is 5.91 Å². The lowest BCUT2D eigenvalue weighted by molar-refractivity contribution is 0.0938. The molecule has 0 aliphatic heterocycles. The molecule has 0 bridgehead atoms. The minimum absolute atomic E-state index is 0.285. The monoisotopic (exact) mass is 333 g/mol. The Morgan fingerprint density at radius 1 is 1.00 bits per heavy atom. The number of hydrogen-bond acceptors (Lipinski definition) is 1. The van der Waals surface area contributed by atoms with E-state index in [-0.39, 0.29) is 16.8 Å². The van der Waals surface area contributed by atoms with E-state index in [2.05, 4.69) is 5.32 Å². The second-order valence-electron chi connectivity index (χ2n) is 6.28. The number of halogens is 3. The second-order valence-corrected chi connectivity index (χ2v) is 6.28. The molecule has 1 aliphatic rings. The molecule has 2 nitrogen and oxygen atoms in total. The molecule has 1 saturated carbocycles. The van der Waals surface area contributed by atoms with Crippen LogP contribution < -0.4 is 5.32 Å². The smallest absolute Gasteiger partial charge is 0.254 e. The Hall–Kier alpha value is -2.30. The van der Waals surface area contributed by atoms with E-state index in [1.54, 1.807) is 12.1 Å². The molecule has 1 N–H and O–H groups in total. The van der Waals surface area contributed by atoms with Gasteiger partial charge in [-0.3, -0.25) is 4.79 Å². The first-order valence-corrected chi connectivity index (χ1v) is 8.00. The lowest BCUT2D eigenvalue weighted by Crippen LogP contribution is -2.39. The number of benzene rings is 2. The molecule has 1 aliphatic carbocycles. The topological polar surface area (TPSA) is 29.1 Å². The first-order valence-electron chi connectivity index (χ1n) is 8.00. The summed E-state index contributed by atoms with van der Waals surface area (Å²) >= 11 is 0. The van der Waals surface area contributed by atoms with Crippen molar-refractivity contribution in [2.45, 2.75) is 31.1 Å². The van der Waals surface area contributed by atoms with Gasteiger partial charge >= 0.3 is 0 Å². The largest absolute Gasteiger partial charge is 0.351 e. The Morgan fingerprint density at radius 3 is 2.33 bits per heavy atom. The minimum Gasteiger partial charge on any atom is -0.351 e. The Balaban J connectivity index is 1.78. The highest BCUT2D eigenvalue weighted by molar-refractivity contribution is 5.94. The van der Waals surface area contributed by atoms with Gasteiger partial charge in [0.05, 0.1) is 5.56 Å². The van der Waals surface area contributed by atoms with Crippen LogP contribution in [0.2, 0.25) is 0 Å². The van der Waals surface area contributed by atoms with Gasteiger partial charge in [0.1, 0.15) is 5.82 Å². The average molecular weight is 333 g/mol. The summed E-state index contributed by atoms with van der Waals surface area (Å²) in [6.07, 6.45) is 3.76. The van der Waals surface area contributed by atoms with Gasteiger partial charge in [-0.05, 0) is 42.7 Å². The molecule has 126 valence electrons. The second kappa shape index (κ2) is 6.67. The van der Waals surface area contributed by atoms with Crippen LogP contribution in [0.15, 0.2) is 42.5 Å². The SMILES string of the molecule is O=C(NCC1(c2ccc(F)cc2)CCCC1)c1cccc(F)c1F. The van der Waals surface area contributed by atoms with E-state index in [0.29, 0.717) is 6.54 Å². The molecule has 24 heavy (non-hydrogen) atoms. The van der Waals surface area contributed by atoms with E-state index >= 15 is 0 Å². The maximum Gasteiger partial charge on any atom is 0.254 e. The first-order chi connectivity index (χ1) is 11.5. The summed E-state index contributed by atoms with van der Waals surface area (Å²) in [5.74, 6) is -3.13. The molecule has 1 fully saturated rings. The van der Waals surface area contributed by atoms with E-state index < -0.39 is 17.5 Å². The molecule has 0 heterocycles. The van der Waals surface area contributed by atoms with Crippen molar-refractivity contribution in [3.63, 3.8) is 0 Å². The van der Waals surface area contributed by atoms with Crippen molar-refractivity contribution in [2.24, 2.45) is 0 Å². The predicted molar refractivity (Wildman–Crippen MR) is 85.2 cm³/mol. The van der Waals surface area contributed by atoms with E-state index in [1.165, 1.54) is 24.3 Å². The summed E-state index contributed by atoms with van der Waals surface area (Å²) < 4.78 is 40.2. The normalized spacial score (nSPS) is 16.1. The summed E-state index contributed by atoms with van der Waals surface area (Å²) in [7, 11) is 0. The first kappa shape index (κ1) is 16.6. The van der Waals surface area contributed by atoms with Gasteiger partial charge in [-0.15, -0.1) is 0 Å². The predicted octanol–water partition coefficient (Wildman–Crippen LogP) is 4.35. The van der Waals surface area contributed by atoms with E-state index in [9.17, 15) is 18.0 Å². The van der Waals surface area contributed by atoms with Gasteiger partial charge < -0.3 is 5.32 Å². The fourth-order valence-corrected chi connectivity index (χ4v) is 3.45. The van der Waals surface area contributed by atoms with Gasteiger partial charge in [0, 0.05) is 12.0 Å². The average Bonchev–Trinajstić information content (AvgIpc) is 3.06. The van der Waals surface area contributed by atoms with Crippen LogP contribution in [0.25, 0.3) is 0 Å². The zero-order valence-electron chi connectivity index (χ0n) is 13.1. The van der Waals surface area contributed by atoms with Crippen molar-refractivity contribution in [3.8, 4) is 0 Å². The lowest BCUT2D eigenvalue weighted by Gasteiger charge is -2.30. The van der Waals surface area contributed by atoms with Crippen LogP contribution in [-0.4, -0.2) is 12.5 Å². The molecule has 3 rings (SSSR count). The number of hydrogen-bond donors (Lipinski definition) is 1. The molecule has 1 amide bonds. The molecule has 0 spiro atoms. The summed E-state index contributed by atoms with van der Waals surface area (Å²) in [5.41, 5.74) is 0.372. The van der Waals surface area contributed by atoms with Gasteiger partial charge in [0.2, 0.25) is 0 Å². The van der Waals surface area contributed by atoms with Crippen molar-refractivity contribution >= 4 is 5.91 Å². The zero-order chi connectivity index (χ0) is 17.2. The molecular weight excluding hydrogens is 315 g/mol. The molecule has 2 aromatic carbocycles. The molecule has 5 heteroatoms. The van der Waals surface area contributed by atoms with Crippen molar-refractivity contribution in [1.82, 2.24) is 5.32 Å². The maximum atomic E-state index is 13.7. The molecule has 0 atom stereocenters. The number of carbonyl (C=O) groups is 1. The Labute approximate surface area is 138 Å². The van der Waals surface area contributed by atoms with Crippen molar-refractivity contribution < 1.29 is 18.0 Å². The van der Waals surface area contributed by atoms with Gasteiger partial charge in [-0.25, -0.2) is 13.2 Å². The fraction of sp³-hybridized carbons (Fsp3) is 0.316. The highest BCUT2D eigenvalue weighted by atomic mass is 19.2. The molecular formula is C19H18F3NO. The van der Waals surface area contributed by atoms with Crippen LogP contribution in [0.4, 0.5) is 13.2 Å². The van der Waals surface area contributed by atoms with Gasteiger partial charge in [-0.2, -0.15) is 0 Å². The van der Waals surface area contributed by atoms with Gasteiger partial charge in [-0.1, -0.05) is 31.0 Å². The van der Waals surface area contributed by atoms with Gasteiger partial charge in [0.15, 0.2) is 11.6 Å². The van der Waals surface area contributed by atoms with E-state index in [0.717, 1.165) is 37.3 Å². The molecule has 0 unspecified atom stereocenters. The molecule has 2 aromatic rings. The zero-order valence-corrected chi connectivity index (χ0v) is 13.1. The highest BCUT2D eigenvalue weighted by Gasteiger charge is 2.36. The highest BCUT2D eigenvalue weighted by Crippen LogP contribution is 2.40. The quantitative estimate of drug-likeness (QED) is 0.886.